The van der Waals surface area contributed by atoms with Gasteiger partial charge < -0.3 is 10.6 Å². The molecule has 0 fully saturated rings. The molecule has 0 aliphatic carbocycles. The third kappa shape index (κ3) is 4.57. The molecule has 0 aliphatic heterocycles. The predicted octanol–water partition coefficient (Wildman–Crippen LogP) is 3.33. The van der Waals surface area contributed by atoms with Gasteiger partial charge in [0.2, 0.25) is 0 Å². The topological polar surface area (TPSA) is 41.1 Å². The van der Waals surface area contributed by atoms with Crippen molar-refractivity contribution in [3.8, 4) is 0 Å². The lowest BCUT2D eigenvalue weighted by Crippen LogP contribution is -2.42. The summed E-state index contributed by atoms with van der Waals surface area (Å²) in [6.07, 6.45) is 0.938. The van der Waals surface area contributed by atoms with Crippen molar-refractivity contribution in [3.63, 3.8) is 0 Å². The van der Waals surface area contributed by atoms with Crippen molar-refractivity contribution >= 4 is 17.6 Å². The zero-order valence-electron chi connectivity index (χ0n) is 11.2. The van der Waals surface area contributed by atoms with E-state index in [0.717, 1.165) is 17.0 Å². The third-order valence-electron chi connectivity index (χ3n) is 2.85. The molecule has 0 unspecified atom stereocenters. The Bertz CT molecular complexity index is 387. The zero-order chi connectivity index (χ0) is 13.6. The highest BCUT2D eigenvalue weighted by molar-refractivity contribution is 6.30. The van der Waals surface area contributed by atoms with E-state index >= 15 is 0 Å². The van der Waals surface area contributed by atoms with Crippen molar-refractivity contribution < 1.29 is 4.79 Å². The van der Waals surface area contributed by atoms with Crippen LogP contribution in [0.5, 0.6) is 0 Å². The van der Waals surface area contributed by atoms with Crippen molar-refractivity contribution in [2.45, 2.75) is 32.6 Å². The quantitative estimate of drug-likeness (QED) is 0.845. The Morgan fingerprint density at radius 1 is 1.22 bits per heavy atom. The van der Waals surface area contributed by atoms with Gasteiger partial charge >= 0.3 is 6.03 Å². The number of carbonyl (C=O) groups excluding carboxylic acids is 1. The number of rotatable bonds is 5. The second-order valence-corrected chi connectivity index (χ2v) is 5.44. The Morgan fingerprint density at radius 2 is 1.83 bits per heavy atom. The fourth-order valence-corrected chi connectivity index (χ4v) is 1.73. The summed E-state index contributed by atoms with van der Waals surface area (Å²) in [5.41, 5.74) is 1.04. The minimum atomic E-state index is -0.117. The lowest BCUT2D eigenvalue weighted by Gasteiger charge is -2.25. The highest BCUT2D eigenvalue weighted by atomic mass is 35.5. The van der Waals surface area contributed by atoms with Crippen LogP contribution in [0.1, 0.15) is 32.8 Å². The van der Waals surface area contributed by atoms with Gasteiger partial charge in [0.1, 0.15) is 0 Å². The molecule has 0 aromatic heterocycles. The maximum atomic E-state index is 11.5. The number of urea groups is 1. The minimum Gasteiger partial charge on any atom is -0.338 e. The lowest BCUT2D eigenvalue weighted by molar-refractivity contribution is 0.238. The molecule has 0 saturated heterocycles. The van der Waals surface area contributed by atoms with Crippen molar-refractivity contribution in [3.05, 3.63) is 34.9 Å². The Balaban J connectivity index is 2.54. The second-order valence-electron chi connectivity index (χ2n) is 5.00. The number of amides is 2. The van der Waals surface area contributed by atoms with Gasteiger partial charge in [0, 0.05) is 23.5 Å². The number of benzene rings is 1. The monoisotopic (exact) mass is 268 g/mol. The average molecular weight is 269 g/mol. The summed E-state index contributed by atoms with van der Waals surface area (Å²) in [5, 5.41) is 6.41. The normalized spacial score (nSPS) is 11.1. The molecule has 100 valence electrons. The molecule has 0 radical (unpaired) electrons. The first kappa shape index (κ1) is 14.8. The van der Waals surface area contributed by atoms with Gasteiger partial charge in [-0.2, -0.15) is 0 Å². The van der Waals surface area contributed by atoms with Gasteiger partial charge in [-0.25, -0.2) is 4.79 Å². The van der Waals surface area contributed by atoms with Crippen LogP contribution in [0, 0.1) is 0 Å². The first-order valence-corrected chi connectivity index (χ1v) is 6.61. The van der Waals surface area contributed by atoms with Crippen molar-refractivity contribution in [2.24, 2.45) is 0 Å². The summed E-state index contributed by atoms with van der Waals surface area (Å²) >= 11 is 5.87. The standard InChI is InChI=1S/C14H21ClN2O/c1-4-9-16-13(18)17-10-14(2,3)11-5-7-12(15)8-6-11/h5-8H,4,9-10H2,1-3H3,(H2,16,17,18). The third-order valence-corrected chi connectivity index (χ3v) is 3.10. The molecule has 0 spiro atoms. The smallest absolute Gasteiger partial charge is 0.314 e. The Hall–Kier alpha value is -1.22. The van der Waals surface area contributed by atoms with E-state index in [2.05, 4.69) is 24.5 Å². The Morgan fingerprint density at radius 3 is 2.39 bits per heavy atom. The van der Waals surface area contributed by atoms with Crippen LogP contribution in [0.25, 0.3) is 0 Å². The van der Waals surface area contributed by atoms with Crippen LogP contribution in [0.4, 0.5) is 4.79 Å². The molecule has 0 aliphatic rings. The molecule has 1 aromatic carbocycles. The fraction of sp³-hybridized carbons (Fsp3) is 0.500. The average Bonchev–Trinajstić information content (AvgIpc) is 2.34. The first-order chi connectivity index (χ1) is 8.45. The van der Waals surface area contributed by atoms with Crippen LogP contribution in [0.2, 0.25) is 5.02 Å². The van der Waals surface area contributed by atoms with E-state index in [-0.39, 0.29) is 11.4 Å². The summed E-state index contributed by atoms with van der Waals surface area (Å²) in [6.45, 7) is 7.50. The van der Waals surface area contributed by atoms with Gasteiger partial charge in [0.15, 0.2) is 0 Å². The Kier molecular flexibility index (Phi) is 5.48. The van der Waals surface area contributed by atoms with E-state index < -0.39 is 0 Å². The summed E-state index contributed by atoms with van der Waals surface area (Å²) in [7, 11) is 0. The number of hydrogen-bond donors (Lipinski definition) is 2. The van der Waals surface area contributed by atoms with Gasteiger partial charge in [-0.05, 0) is 24.1 Å². The molecule has 4 heteroatoms. The molecule has 2 N–H and O–H groups in total. The van der Waals surface area contributed by atoms with Gasteiger partial charge in [-0.15, -0.1) is 0 Å². The predicted molar refractivity (Wildman–Crippen MR) is 76.2 cm³/mol. The minimum absolute atomic E-state index is 0.112. The molecule has 18 heavy (non-hydrogen) atoms. The maximum Gasteiger partial charge on any atom is 0.314 e. The first-order valence-electron chi connectivity index (χ1n) is 6.23. The van der Waals surface area contributed by atoms with E-state index in [1.165, 1.54) is 0 Å². The highest BCUT2D eigenvalue weighted by Gasteiger charge is 2.21. The fourth-order valence-electron chi connectivity index (χ4n) is 1.61. The molecule has 2 amide bonds. The largest absolute Gasteiger partial charge is 0.338 e. The van der Waals surface area contributed by atoms with Gasteiger partial charge in [-0.1, -0.05) is 44.5 Å². The molecule has 1 rings (SSSR count). The summed E-state index contributed by atoms with van der Waals surface area (Å²) in [4.78, 5) is 11.5. The molecular formula is C14H21ClN2O. The van der Waals surface area contributed by atoms with Crippen LogP contribution >= 0.6 is 11.6 Å². The summed E-state index contributed by atoms with van der Waals surface area (Å²) < 4.78 is 0. The molecule has 0 atom stereocenters. The van der Waals surface area contributed by atoms with Gasteiger partial charge in [0.05, 0.1) is 0 Å². The van der Waals surface area contributed by atoms with Gasteiger partial charge in [0.25, 0.3) is 0 Å². The lowest BCUT2D eigenvalue weighted by atomic mass is 9.85. The van der Waals surface area contributed by atoms with Crippen LogP contribution in [-0.2, 0) is 5.41 Å². The van der Waals surface area contributed by atoms with Crippen LogP contribution in [-0.4, -0.2) is 19.1 Å². The molecule has 0 saturated carbocycles. The van der Waals surface area contributed by atoms with E-state index in [1.54, 1.807) is 0 Å². The van der Waals surface area contributed by atoms with Crippen molar-refractivity contribution in [2.75, 3.05) is 13.1 Å². The number of halogens is 1. The summed E-state index contributed by atoms with van der Waals surface area (Å²) in [6, 6.07) is 7.62. The Labute approximate surface area is 114 Å². The van der Waals surface area contributed by atoms with Crippen LogP contribution in [0.15, 0.2) is 24.3 Å². The molecule has 0 heterocycles. The number of nitrogens with one attached hydrogen (secondary N) is 2. The maximum absolute atomic E-state index is 11.5. The SMILES string of the molecule is CCCNC(=O)NCC(C)(C)c1ccc(Cl)cc1. The van der Waals surface area contributed by atoms with E-state index in [9.17, 15) is 4.79 Å². The molecule has 1 aromatic rings. The van der Waals surface area contributed by atoms with Crippen molar-refractivity contribution in [1.29, 1.82) is 0 Å². The molecule has 0 bridgehead atoms. The van der Waals surface area contributed by atoms with E-state index in [4.69, 9.17) is 11.6 Å². The van der Waals surface area contributed by atoms with Crippen molar-refractivity contribution in [1.82, 2.24) is 10.6 Å². The zero-order valence-corrected chi connectivity index (χ0v) is 12.0. The van der Waals surface area contributed by atoms with Crippen LogP contribution < -0.4 is 10.6 Å². The van der Waals surface area contributed by atoms with Crippen LogP contribution in [0.3, 0.4) is 0 Å². The number of carbonyl (C=O) groups is 1. The number of hydrogen-bond acceptors (Lipinski definition) is 1. The van der Waals surface area contributed by atoms with Gasteiger partial charge in [-0.3, -0.25) is 0 Å². The van der Waals surface area contributed by atoms with E-state index in [0.29, 0.717) is 13.1 Å². The molecular weight excluding hydrogens is 248 g/mol. The molecule has 3 nitrogen and oxygen atoms in total. The second kappa shape index (κ2) is 6.64. The summed E-state index contributed by atoms with van der Waals surface area (Å²) in [5.74, 6) is 0. The highest BCUT2D eigenvalue weighted by Crippen LogP contribution is 2.23. The van der Waals surface area contributed by atoms with E-state index in [1.807, 2.05) is 31.2 Å².